The highest BCUT2D eigenvalue weighted by atomic mass is 79.9. The predicted octanol–water partition coefficient (Wildman–Crippen LogP) is 1.20. The Morgan fingerprint density at radius 2 is 2.45 bits per heavy atom. The number of halogens is 1. The summed E-state index contributed by atoms with van der Waals surface area (Å²) in [4.78, 5) is 0. The molecule has 0 bridgehead atoms. The maximum atomic E-state index is 8.72. The summed E-state index contributed by atoms with van der Waals surface area (Å²) in [5.74, 6) is 0. The van der Waals surface area contributed by atoms with Crippen LogP contribution in [0.15, 0.2) is 10.7 Å². The molecule has 0 saturated heterocycles. The minimum absolute atomic E-state index is 0.171. The Morgan fingerprint density at radius 3 is 3.00 bits per heavy atom. The molecule has 0 saturated carbocycles. The van der Waals surface area contributed by atoms with Crippen molar-refractivity contribution in [2.75, 3.05) is 6.61 Å². The topological polar surface area (TPSA) is 38.0 Å². The van der Waals surface area contributed by atoms with Gasteiger partial charge in [-0.15, -0.1) is 0 Å². The van der Waals surface area contributed by atoms with Crippen molar-refractivity contribution in [1.82, 2.24) is 9.78 Å². The van der Waals surface area contributed by atoms with E-state index in [1.54, 1.807) is 6.20 Å². The zero-order valence-electron chi connectivity index (χ0n) is 6.42. The van der Waals surface area contributed by atoms with Gasteiger partial charge in [0.15, 0.2) is 0 Å². The average molecular weight is 219 g/mol. The first-order valence-corrected chi connectivity index (χ1v) is 4.40. The van der Waals surface area contributed by atoms with Gasteiger partial charge >= 0.3 is 0 Å². The molecule has 1 aromatic rings. The second-order valence-corrected chi connectivity index (χ2v) is 3.08. The predicted molar refractivity (Wildman–Crippen MR) is 46.4 cm³/mol. The van der Waals surface area contributed by atoms with Gasteiger partial charge in [-0.25, -0.2) is 0 Å². The molecule has 0 spiro atoms. The van der Waals surface area contributed by atoms with Gasteiger partial charge in [-0.2, -0.15) is 5.10 Å². The van der Waals surface area contributed by atoms with E-state index in [4.69, 9.17) is 5.11 Å². The molecule has 1 N–H and O–H groups in total. The van der Waals surface area contributed by atoms with Crippen molar-refractivity contribution in [1.29, 1.82) is 0 Å². The van der Waals surface area contributed by atoms with E-state index in [1.165, 1.54) is 0 Å². The smallest absolute Gasteiger partial charge is 0.0635 e. The second kappa shape index (κ2) is 3.88. The fraction of sp³-hybridized carbons (Fsp3) is 0.571. The second-order valence-electron chi connectivity index (χ2n) is 2.23. The van der Waals surface area contributed by atoms with Crippen LogP contribution in [0.1, 0.15) is 12.6 Å². The van der Waals surface area contributed by atoms with Crippen LogP contribution in [-0.2, 0) is 13.0 Å². The molecule has 0 unspecified atom stereocenters. The summed E-state index contributed by atoms with van der Waals surface area (Å²) in [6.07, 6.45) is 2.42. The Balaban J connectivity index is 2.88. The van der Waals surface area contributed by atoms with Gasteiger partial charge in [-0.05, 0) is 22.9 Å². The van der Waals surface area contributed by atoms with Crippen molar-refractivity contribution in [3.8, 4) is 0 Å². The van der Waals surface area contributed by atoms with Gasteiger partial charge < -0.3 is 5.11 Å². The van der Waals surface area contributed by atoms with Crippen LogP contribution >= 0.6 is 15.9 Å². The summed E-state index contributed by atoms with van der Waals surface area (Å²) in [5, 5.41) is 12.8. The minimum atomic E-state index is 0.171. The number of hydrogen-bond acceptors (Lipinski definition) is 2. The normalized spacial score (nSPS) is 10.5. The van der Waals surface area contributed by atoms with E-state index < -0.39 is 0 Å². The Morgan fingerprint density at radius 1 is 1.73 bits per heavy atom. The van der Waals surface area contributed by atoms with Crippen LogP contribution in [-0.4, -0.2) is 21.5 Å². The number of aryl methyl sites for hydroxylation is 1. The lowest BCUT2D eigenvalue weighted by Crippen LogP contribution is -2.04. The Hall–Kier alpha value is -0.350. The summed E-state index contributed by atoms with van der Waals surface area (Å²) in [6.45, 7) is 3.05. The molecular formula is C7H11BrN2O. The maximum Gasteiger partial charge on any atom is 0.0635 e. The monoisotopic (exact) mass is 218 g/mol. The number of rotatable bonds is 3. The van der Waals surface area contributed by atoms with Gasteiger partial charge in [-0.3, -0.25) is 4.68 Å². The number of aliphatic hydroxyl groups excluding tert-OH is 1. The van der Waals surface area contributed by atoms with Crippen LogP contribution in [0.5, 0.6) is 0 Å². The van der Waals surface area contributed by atoms with Gasteiger partial charge in [0.1, 0.15) is 0 Å². The van der Waals surface area contributed by atoms with Gasteiger partial charge in [0.2, 0.25) is 0 Å². The van der Waals surface area contributed by atoms with E-state index in [9.17, 15) is 0 Å². The summed E-state index contributed by atoms with van der Waals surface area (Å²) >= 11 is 3.36. The van der Waals surface area contributed by atoms with E-state index in [1.807, 2.05) is 11.6 Å². The average Bonchev–Trinajstić information content (AvgIpc) is 2.34. The quantitative estimate of drug-likeness (QED) is 0.829. The maximum absolute atomic E-state index is 8.72. The van der Waals surface area contributed by atoms with Crippen LogP contribution in [0.25, 0.3) is 0 Å². The van der Waals surface area contributed by atoms with Crippen LogP contribution in [0.4, 0.5) is 0 Å². The largest absolute Gasteiger partial charge is 0.396 e. The Kier molecular flexibility index (Phi) is 3.08. The SMILES string of the molecule is CCn1ncc(Br)c1CCO. The fourth-order valence-corrected chi connectivity index (χ4v) is 1.51. The first-order valence-electron chi connectivity index (χ1n) is 3.60. The summed E-state index contributed by atoms with van der Waals surface area (Å²) < 4.78 is 2.86. The van der Waals surface area contributed by atoms with Gasteiger partial charge in [-0.1, -0.05) is 0 Å². The highest BCUT2D eigenvalue weighted by molar-refractivity contribution is 9.10. The molecule has 62 valence electrons. The van der Waals surface area contributed by atoms with Crippen molar-refractivity contribution < 1.29 is 5.11 Å². The first-order chi connectivity index (χ1) is 5.29. The van der Waals surface area contributed by atoms with Crippen molar-refractivity contribution >= 4 is 15.9 Å². The number of nitrogens with zero attached hydrogens (tertiary/aromatic N) is 2. The Bertz CT molecular complexity index is 234. The zero-order valence-corrected chi connectivity index (χ0v) is 8.00. The number of aromatic nitrogens is 2. The van der Waals surface area contributed by atoms with Crippen LogP contribution in [0.2, 0.25) is 0 Å². The lowest BCUT2D eigenvalue weighted by molar-refractivity contribution is 0.295. The van der Waals surface area contributed by atoms with E-state index in [0.29, 0.717) is 6.42 Å². The molecule has 0 atom stereocenters. The van der Waals surface area contributed by atoms with Crippen LogP contribution < -0.4 is 0 Å². The van der Waals surface area contributed by atoms with Gasteiger partial charge in [0, 0.05) is 19.6 Å². The molecule has 0 aliphatic rings. The first kappa shape index (κ1) is 8.74. The van der Waals surface area contributed by atoms with Crippen molar-refractivity contribution in [2.45, 2.75) is 19.9 Å². The summed E-state index contributed by atoms with van der Waals surface area (Å²) in [7, 11) is 0. The van der Waals surface area contributed by atoms with Crippen LogP contribution in [0, 0.1) is 0 Å². The van der Waals surface area contributed by atoms with E-state index in [2.05, 4.69) is 21.0 Å². The molecule has 0 aliphatic carbocycles. The highest BCUT2D eigenvalue weighted by Gasteiger charge is 2.05. The molecule has 0 aromatic carbocycles. The van der Waals surface area contributed by atoms with Crippen LogP contribution in [0.3, 0.4) is 0 Å². The van der Waals surface area contributed by atoms with Crippen molar-refractivity contribution in [3.63, 3.8) is 0 Å². The third-order valence-electron chi connectivity index (χ3n) is 1.55. The van der Waals surface area contributed by atoms with Crippen molar-refractivity contribution in [2.24, 2.45) is 0 Å². The minimum Gasteiger partial charge on any atom is -0.396 e. The number of aliphatic hydroxyl groups is 1. The highest BCUT2D eigenvalue weighted by Crippen LogP contribution is 2.15. The van der Waals surface area contributed by atoms with Gasteiger partial charge in [0.05, 0.1) is 16.4 Å². The van der Waals surface area contributed by atoms with E-state index in [-0.39, 0.29) is 6.61 Å². The molecule has 4 heteroatoms. The van der Waals surface area contributed by atoms with E-state index >= 15 is 0 Å². The van der Waals surface area contributed by atoms with Gasteiger partial charge in [0.25, 0.3) is 0 Å². The summed E-state index contributed by atoms with van der Waals surface area (Å²) in [5.41, 5.74) is 1.06. The standard InChI is InChI=1S/C7H11BrN2O/c1-2-10-7(3-4-11)6(8)5-9-10/h5,11H,2-4H2,1H3. The molecule has 11 heavy (non-hydrogen) atoms. The lowest BCUT2D eigenvalue weighted by Gasteiger charge is -2.02. The molecule has 0 fully saturated rings. The molecule has 0 amide bonds. The lowest BCUT2D eigenvalue weighted by atomic mass is 10.3. The molecular weight excluding hydrogens is 208 g/mol. The number of hydrogen-bond donors (Lipinski definition) is 1. The molecule has 1 aromatic heterocycles. The molecule has 0 radical (unpaired) electrons. The summed E-state index contributed by atoms with van der Waals surface area (Å²) in [6, 6.07) is 0. The molecule has 0 aliphatic heterocycles. The third kappa shape index (κ3) is 1.81. The fourth-order valence-electron chi connectivity index (χ4n) is 1.01. The Labute approximate surface area is 74.2 Å². The third-order valence-corrected chi connectivity index (χ3v) is 2.21. The molecule has 1 rings (SSSR count). The van der Waals surface area contributed by atoms with Crippen molar-refractivity contribution in [3.05, 3.63) is 16.4 Å². The molecule has 1 heterocycles. The zero-order chi connectivity index (χ0) is 8.27. The van der Waals surface area contributed by atoms with E-state index in [0.717, 1.165) is 16.7 Å². The molecule has 3 nitrogen and oxygen atoms in total.